The smallest absolute Gasteiger partial charge is 0.253 e. The zero-order chi connectivity index (χ0) is 13.8. The van der Waals surface area contributed by atoms with Crippen LogP contribution < -0.4 is 5.32 Å². The van der Waals surface area contributed by atoms with E-state index in [1.165, 1.54) is 0 Å². The summed E-state index contributed by atoms with van der Waals surface area (Å²) in [6.45, 7) is 1.94. The number of rotatable bonds is 3. The Balaban J connectivity index is 2.15. The second-order valence-corrected chi connectivity index (χ2v) is 5.55. The topological polar surface area (TPSA) is 29.1 Å². The van der Waals surface area contributed by atoms with Gasteiger partial charge in [0.1, 0.15) is 0 Å². The average molecular weight is 339 g/mol. The van der Waals surface area contributed by atoms with Crippen LogP contribution in [-0.2, 0) is 0 Å². The molecule has 2 aromatic rings. The number of carbonyl (C=O) groups is 1. The third-order valence-corrected chi connectivity index (χ3v) is 3.64. The van der Waals surface area contributed by atoms with Gasteiger partial charge >= 0.3 is 0 Å². The molecule has 0 aliphatic heterocycles. The summed E-state index contributed by atoms with van der Waals surface area (Å²) in [5.41, 5.74) is 1.53. The first kappa shape index (κ1) is 14.1. The van der Waals surface area contributed by atoms with Gasteiger partial charge in [-0.1, -0.05) is 57.9 Å². The molecule has 0 saturated carbocycles. The SMILES string of the molecule is C[C@@H](NC(=O)c1cc(Br)ccc1Cl)c1ccccc1. The van der Waals surface area contributed by atoms with Crippen molar-refractivity contribution in [1.82, 2.24) is 5.32 Å². The molecule has 0 saturated heterocycles. The molecule has 0 fully saturated rings. The van der Waals surface area contributed by atoms with E-state index < -0.39 is 0 Å². The van der Waals surface area contributed by atoms with Crippen molar-refractivity contribution in [3.8, 4) is 0 Å². The van der Waals surface area contributed by atoms with Crippen LogP contribution in [-0.4, -0.2) is 5.91 Å². The minimum atomic E-state index is -0.178. The maximum Gasteiger partial charge on any atom is 0.253 e. The molecule has 1 amide bonds. The Bertz CT molecular complexity index is 586. The minimum Gasteiger partial charge on any atom is -0.345 e. The van der Waals surface area contributed by atoms with Gasteiger partial charge in [-0.3, -0.25) is 4.79 Å². The Morgan fingerprint density at radius 1 is 1.21 bits per heavy atom. The van der Waals surface area contributed by atoms with E-state index >= 15 is 0 Å². The molecule has 0 aliphatic rings. The van der Waals surface area contributed by atoms with Crippen LogP contribution in [0.2, 0.25) is 5.02 Å². The van der Waals surface area contributed by atoms with E-state index in [1.807, 2.05) is 37.3 Å². The van der Waals surface area contributed by atoms with Crippen LogP contribution >= 0.6 is 27.5 Å². The van der Waals surface area contributed by atoms with Crippen LogP contribution in [0.15, 0.2) is 53.0 Å². The fraction of sp³-hybridized carbons (Fsp3) is 0.133. The molecule has 4 heteroatoms. The molecule has 1 atom stereocenters. The first-order chi connectivity index (χ1) is 9.08. The van der Waals surface area contributed by atoms with Gasteiger partial charge in [0.15, 0.2) is 0 Å². The molecule has 0 heterocycles. The van der Waals surface area contributed by atoms with E-state index in [0.717, 1.165) is 10.0 Å². The predicted octanol–water partition coefficient (Wildman–Crippen LogP) is 4.59. The summed E-state index contributed by atoms with van der Waals surface area (Å²) in [4.78, 5) is 12.2. The highest BCUT2D eigenvalue weighted by Crippen LogP contribution is 2.22. The molecule has 19 heavy (non-hydrogen) atoms. The Morgan fingerprint density at radius 2 is 1.89 bits per heavy atom. The van der Waals surface area contributed by atoms with E-state index in [4.69, 9.17) is 11.6 Å². The molecule has 2 rings (SSSR count). The van der Waals surface area contributed by atoms with Crippen molar-refractivity contribution in [1.29, 1.82) is 0 Å². The number of hydrogen-bond donors (Lipinski definition) is 1. The lowest BCUT2D eigenvalue weighted by molar-refractivity contribution is 0.0940. The quantitative estimate of drug-likeness (QED) is 0.871. The highest BCUT2D eigenvalue weighted by atomic mass is 79.9. The molecular formula is C15H13BrClNO. The van der Waals surface area contributed by atoms with E-state index in [1.54, 1.807) is 18.2 Å². The van der Waals surface area contributed by atoms with Gasteiger partial charge in [-0.15, -0.1) is 0 Å². The number of amides is 1. The van der Waals surface area contributed by atoms with Gasteiger partial charge in [-0.2, -0.15) is 0 Å². The highest BCUT2D eigenvalue weighted by molar-refractivity contribution is 9.10. The molecular weight excluding hydrogens is 326 g/mol. The summed E-state index contributed by atoms with van der Waals surface area (Å²) in [6.07, 6.45) is 0. The van der Waals surface area contributed by atoms with Gasteiger partial charge in [-0.25, -0.2) is 0 Å². The summed E-state index contributed by atoms with van der Waals surface area (Å²) >= 11 is 9.38. The normalized spacial score (nSPS) is 11.9. The van der Waals surface area contributed by atoms with Crippen LogP contribution in [0.25, 0.3) is 0 Å². The summed E-state index contributed by atoms with van der Waals surface area (Å²) in [6, 6.07) is 15.0. The fourth-order valence-electron chi connectivity index (χ4n) is 1.77. The molecule has 0 unspecified atom stereocenters. The Kier molecular flexibility index (Phi) is 4.61. The number of hydrogen-bond acceptors (Lipinski definition) is 1. The minimum absolute atomic E-state index is 0.0660. The standard InChI is InChI=1S/C15H13BrClNO/c1-10(11-5-3-2-4-6-11)18-15(19)13-9-12(16)7-8-14(13)17/h2-10H,1H3,(H,18,19)/t10-/m1/s1. The molecule has 98 valence electrons. The second kappa shape index (κ2) is 6.22. The third kappa shape index (κ3) is 3.58. The molecule has 0 spiro atoms. The molecule has 0 aromatic heterocycles. The first-order valence-corrected chi connectivity index (χ1v) is 7.06. The van der Waals surface area contributed by atoms with Crippen LogP contribution in [0, 0.1) is 0 Å². The molecule has 2 aromatic carbocycles. The van der Waals surface area contributed by atoms with Crippen molar-refractivity contribution >= 4 is 33.4 Å². The maximum absolute atomic E-state index is 12.2. The number of carbonyl (C=O) groups excluding carboxylic acids is 1. The highest BCUT2D eigenvalue weighted by Gasteiger charge is 2.14. The monoisotopic (exact) mass is 337 g/mol. The predicted molar refractivity (Wildman–Crippen MR) is 81.5 cm³/mol. The Hall–Kier alpha value is -1.32. The lowest BCUT2D eigenvalue weighted by Crippen LogP contribution is -2.26. The summed E-state index contributed by atoms with van der Waals surface area (Å²) in [7, 11) is 0. The molecule has 0 radical (unpaired) electrons. The lowest BCUT2D eigenvalue weighted by atomic mass is 10.1. The second-order valence-electron chi connectivity index (χ2n) is 4.23. The Labute approximate surface area is 125 Å². The van der Waals surface area contributed by atoms with Crippen molar-refractivity contribution in [2.75, 3.05) is 0 Å². The largest absolute Gasteiger partial charge is 0.345 e. The zero-order valence-electron chi connectivity index (χ0n) is 10.4. The van der Waals surface area contributed by atoms with Crippen LogP contribution in [0.5, 0.6) is 0 Å². The van der Waals surface area contributed by atoms with Gasteiger partial charge in [-0.05, 0) is 30.7 Å². The molecule has 0 bridgehead atoms. The van der Waals surface area contributed by atoms with E-state index in [0.29, 0.717) is 10.6 Å². The fourth-order valence-corrected chi connectivity index (χ4v) is 2.34. The number of benzene rings is 2. The van der Waals surface area contributed by atoms with Crippen molar-refractivity contribution in [2.45, 2.75) is 13.0 Å². The third-order valence-electron chi connectivity index (χ3n) is 2.82. The van der Waals surface area contributed by atoms with Gasteiger partial charge in [0.05, 0.1) is 16.6 Å². The molecule has 1 N–H and O–H groups in total. The number of halogens is 2. The first-order valence-electron chi connectivity index (χ1n) is 5.89. The van der Waals surface area contributed by atoms with Gasteiger partial charge < -0.3 is 5.32 Å². The lowest BCUT2D eigenvalue weighted by Gasteiger charge is -2.15. The number of nitrogens with one attached hydrogen (secondary N) is 1. The van der Waals surface area contributed by atoms with Crippen molar-refractivity contribution in [3.05, 3.63) is 69.2 Å². The maximum atomic E-state index is 12.2. The van der Waals surface area contributed by atoms with Crippen molar-refractivity contribution in [2.24, 2.45) is 0 Å². The van der Waals surface area contributed by atoms with E-state index in [9.17, 15) is 4.79 Å². The molecule has 0 aliphatic carbocycles. The van der Waals surface area contributed by atoms with Crippen molar-refractivity contribution < 1.29 is 4.79 Å². The summed E-state index contributed by atoms with van der Waals surface area (Å²) < 4.78 is 0.828. The average Bonchev–Trinajstić information content (AvgIpc) is 2.42. The summed E-state index contributed by atoms with van der Waals surface area (Å²) in [5, 5.41) is 3.38. The van der Waals surface area contributed by atoms with Gasteiger partial charge in [0.2, 0.25) is 0 Å². The zero-order valence-corrected chi connectivity index (χ0v) is 12.7. The van der Waals surface area contributed by atoms with Gasteiger partial charge in [0.25, 0.3) is 5.91 Å². The van der Waals surface area contributed by atoms with E-state index in [2.05, 4.69) is 21.2 Å². The van der Waals surface area contributed by atoms with Crippen LogP contribution in [0.1, 0.15) is 28.9 Å². The van der Waals surface area contributed by atoms with Crippen LogP contribution in [0.3, 0.4) is 0 Å². The molecule has 2 nitrogen and oxygen atoms in total. The van der Waals surface area contributed by atoms with Gasteiger partial charge in [0, 0.05) is 4.47 Å². The summed E-state index contributed by atoms with van der Waals surface area (Å²) in [5.74, 6) is -0.178. The van der Waals surface area contributed by atoms with Crippen LogP contribution in [0.4, 0.5) is 0 Å². The van der Waals surface area contributed by atoms with E-state index in [-0.39, 0.29) is 11.9 Å². The Morgan fingerprint density at radius 3 is 2.58 bits per heavy atom. The van der Waals surface area contributed by atoms with Crippen molar-refractivity contribution in [3.63, 3.8) is 0 Å².